The van der Waals surface area contributed by atoms with Gasteiger partial charge in [-0.2, -0.15) is 0 Å². The van der Waals surface area contributed by atoms with Crippen molar-refractivity contribution in [2.75, 3.05) is 0 Å². The van der Waals surface area contributed by atoms with Crippen LogP contribution in [0.2, 0.25) is 10.2 Å². The van der Waals surface area contributed by atoms with Gasteiger partial charge in [-0.25, -0.2) is 4.98 Å². The number of hydrogen-bond donors (Lipinski definition) is 0. The Morgan fingerprint density at radius 1 is 1.46 bits per heavy atom. The van der Waals surface area contributed by atoms with E-state index < -0.39 is 0 Å². The Morgan fingerprint density at radius 2 is 2.08 bits per heavy atom. The minimum absolute atomic E-state index is 0.0195. The molecule has 0 amide bonds. The van der Waals surface area contributed by atoms with Crippen LogP contribution in [0.15, 0.2) is 12.3 Å². The molecule has 0 aromatic carbocycles. The third-order valence-corrected chi connectivity index (χ3v) is 2.29. The highest BCUT2D eigenvalue weighted by Crippen LogP contribution is 2.20. The normalized spacial score (nSPS) is 10.5. The summed E-state index contributed by atoms with van der Waals surface area (Å²) in [6.45, 7) is 3.65. The molecular weight excluding hydrogens is 209 g/mol. The van der Waals surface area contributed by atoms with E-state index in [0.717, 1.165) is 0 Å². The molecule has 1 rings (SSSR count). The molecule has 1 aromatic heterocycles. The fourth-order valence-corrected chi connectivity index (χ4v) is 1.16. The highest BCUT2D eigenvalue weighted by Gasteiger charge is 2.12. The number of Topliss-reactive ketones (excluding diaryl/α,β-unsaturated/α-hetero) is 1. The van der Waals surface area contributed by atoms with Crippen LogP contribution in [0, 0.1) is 5.92 Å². The summed E-state index contributed by atoms with van der Waals surface area (Å²) in [5, 5.41) is 0.537. The summed E-state index contributed by atoms with van der Waals surface area (Å²) in [6.07, 6.45) is 1.44. The molecule has 1 heterocycles. The van der Waals surface area contributed by atoms with E-state index in [1.807, 2.05) is 13.8 Å². The number of pyridine rings is 1. The summed E-state index contributed by atoms with van der Waals surface area (Å²) in [5.41, 5.74) is 0.504. The van der Waals surface area contributed by atoms with Crippen LogP contribution in [-0.2, 0) is 0 Å². The molecule has 0 fully saturated rings. The lowest BCUT2D eigenvalue weighted by Gasteiger charge is -2.03. The lowest BCUT2D eigenvalue weighted by atomic mass is 10.0. The quantitative estimate of drug-likeness (QED) is 0.563. The summed E-state index contributed by atoms with van der Waals surface area (Å²) in [6, 6.07) is 1.54. The molecule has 0 aliphatic heterocycles. The van der Waals surface area contributed by atoms with E-state index in [0.29, 0.717) is 10.6 Å². The van der Waals surface area contributed by atoms with Gasteiger partial charge in [-0.3, -0.25) is 4.79 Å². The second-order valence-electron chi connectivity index (χ2n) is 3.02. The lowest BCUT2D eigenvalue weighted by molar-refractivity contribution is 0.0939. The molecule has 2 nitrogen and oxygen atoms in total. The first-order valence-corrected chi connectivity index (χ1v) is 4.63. The Balaban J connectivity index is 3.04. The summed E-state index contributed by atoms with van der Waals surface area (Å²) >= 11 is 11.3. The summed E-state index contributed by atoms with van der Waals surface area (Å²) in [4.78, 5) is 15.3. The zero-order valence-corrected chi connectivity index (χ0v) is 8.86. The van der Waals surface area contributed by atoms with Crippen LogP contribution < -0.4 is 0 Å². The van der Waals surface area contributed by atoms with Crippen LogP contribution in [0.5, 0.6) is 0 Å². The fraction of sp³-hybridized carbons (Fsp3) is 0.333. The van der Waals surface area contributed by atoms with Crippen molar-refractivity contribution in [3.63, 3.8) is 0 Å². The van der Waals surface area contributed by atoms with Gasteiger partial charge >= 0.3 is 0 Å². The van der Waals surface area contributed by atoms with Gasteiger partial charge in [-0.05, 0) is 6.07 Å². The van der Waals surface area contributed by atoms with Gasteiger partial charge in [0.15, 0.2) is 5.78 Å². The van der Waals surface area contributed by atoms with Crippen molar-refractivity contribution in [2.45, 2.75) is 13.8 Å². The van der Waals surface area contributed by atoms with Crippen molar-refractivity contribution >= 4 is 29.0 Å². The van der Waals surface area contributed by atoms with E-state index in [-0.39, 0.29) is 16.9 Å². The number of nitrogens with zero attached hydrogens (tertiary/aromatic N) is 1. The monoisotopic (exact) mass is 217 g/mol. The Labute approximate surface area is 86.9 Å². The molecule has 4 heteroatoms. The fourth-order valence-electron chi connectivity index (χ4n) is 0.889. The SMILES string of the molecule is CC(C)C(=O)c1cnc(Cl)c(Cl)c1. The molecule has 0 atom stereocenters. The molecule has 0 saturated carbocycles. The minimum Gasteiger partial charge on any atom is -0.294 e. The summed E-state index contributed by atoms with van der Waals surface area (Å²) in [7, 11) is 0. The second kappa shape index (κ2) is 4.07. The molecule has 0 aliphatic carbocycles. The van der Waals surface area contributed by atoms with Crippen LogP contribution in [0.1, 0.15) is 24.2 Å². The van der Waals surface area contributed by atoms with Crippen molar-refractivity contribution in [3.05, 3.63) is 28.0 Å². The van der Waals surface area contributed by atoms with E-state index in [1.54, 1.807) is 6.07 Å². The Hall–Kier alpha value is -0.600. The highest BCUT2D eigenvalue weighted by atomic mass is 35.5. The number of hydrogen-bond acceptors (Lipinski definition) is 2. The molecule has 0 spiro atoms. The molecule has 1 aromatic rings. The average molecular weight is 218 g/mol. The smallest absolute Gasteiger partial charge is 0.166 e. The number of ketones is 1. The Bertz CT molecular complexity index is 336. The van der Waals surface area contributed by atoms with Crippen molar-refractivity contribution in [3.8, 4) is 0 Å². The third kappa shape index (κ3) is 2.42. The molecule has 70 valence electrons. The van der Waals surface area contributed by atoms with Gasteiger partial charge in [-0.15, -0.1) is 0 Å². The minimum atomic E-state index is -0.0564. The molecule has 0 unspecified atom stereocenters. The largest absolute Gasteiger partial charge is 0.294 e. The number of aromatic nitrogens is 1. The van der Waals surface area contributed by atoms with E-state index >= 15 is 0 Å². The van der Waals surface area contributed by atoms with Gasteiger partial charge in [0.25, 0.3) is 0 Å². The van der Waals surface area contributed by atoms with Crippen LogP contribution in [0.4, 0.5) is 0 Å². The molecule has 0 N–H and O–H groups in total. The number of halogens is 2. The van der Waals surface area contributed by atoms with Gasteiger partial charge < -0.3 is 0 Å². The standard InChI is InChI=1S/C9H9Cl2NO/c1-5(2)8(13)6-3-7(10)9(11)12-4-6/h3-5H,1-2H3. The average Bonchev–Trinajstić information content (AvgIpc) is 2.08. The molecule has 0 aliphatic rings. The Morgan fingerprint density at radius 3 is 2.54 bits per heavy atom. The number of carbonyl (C=O) groups is 1. The van der Waals surface area contributed by atoms with Gasteiger partial charge in [0.05, 0.1) is 5.02 Å². The first-order chi connectivity index (χ1) is 6.02. The maximum atomic E-state index is 11.5. The number of carbonyl (C=O) groups excluding carboxylic acids is 1. The van der Waals surface area contributed by atoms with Crippen LogP contribution >= 0.6 is 23.2 Å². The van der Waals surface area contributed by atoms with Crippen LogP contribution in [-0.4, -0.2) is 10.8 Å². The first-order valence-electron chi connectivity index (χ1n) is 3.87. The predicted octanol–water partition coefficient (Wildman–Crippen LogP) is 3.23. The highest BCUT2D eigenvalue weighted by molar-refractivity contribution is 6.41. The molecule has 0 radical (unpaired) electrons. The van der Waals surface area contributed by atoms with Gasteiger partial charge in [0, 0.05) is 17.7 Å². The van der Waals surface area contributed by atoms with Crippen LogP contribution in [0.25, 0.3) is 0 Å². The zero-order chi connectivity index (χ0) is 10.0. The summed E-state index contributed by atoms with van der Waals surface area (Å²) < 4.78 is 0. The topological polar surface area (TPSA) is 30.0 Å². The van der Waals surface area contributed by atoms with Crippen molar-refractivity contribution in [1.29, 1.82) is 0 Å². The number of rotatable bonds is 2. The molecule has 13 heavy (non-hydrogen) atoms. The van der Waals surface area contributed by atoms with E-state index in [2.05, 4.69) is 4.98 Å². The van der Waals surface area contributed by atoms with Crippen molar-refractivity contribution < 1.29 is 4.79 Å². The van der Waals surface area contributed by atoms with Crippen molar-refractivity contribution in [2.24, 2.45) is 5.92 Å². The van der Waals surface area contributed by atoms with Crippen LogP contribution in [0.3, 0.4) is 0 Å². The molecule has 0 bridgehead atoms. The van der Waals surface area contributed by atoms with Gasteiger partial charge in [0.2, 0.25) is 0 Å². The maximum absolute atomic E-state index is 11.5. The molecular formula is C9H9Cl2NO. The summed E-state index contributed by atoms with van der Waals surface area (Å²) in [5.74, 6) is -0.0369. The van der Waals surface area contributed by atoms with E-state index in [9.17, 15) is 4.79 Å². The Kier molecular flexibility index (Phi) is 3.28. The van der Waals surface area contributed by atoms with E-state index in [4.69, 9.17) is 23.2 Å². The lowest BCUT2D eigenvalue weighted by Crippen LogP contribution is -2.07. The molecule has 0 saturated heterocycles. The first kappa shape index (κ1) is 10.5. The van der Waals surface area contributed by atoms with Gasteiger partial charge in [-0.1, -0.05) is 37.0 Å². The van der Waals surface area contributed by atoms with Gasteiger partial charge in [0.1, 0.15) is 5.15 Å². The predicted molar refractivity (Wildman–Crippen MR) is 53.4 cm³/mol. The third-order valence-electron chi connectivity index (χ3n) is 1.61. The zero-order valence-electron chi connectivity index (χ0n) is 7.34. The van der Waals surface area contributed by atoms with E-state index in [1.165, 1.54) is 6.20 Å². The van der Waals surface area contributed by atoms with Crippen molar-refractivity contribution in [1.82, 2.24) is 4.98 Å². The second-order valence-corrected chi connectivity index (χ2v) is 3.78. The maximum Gasteiger partial charge on any atom is 0.166 e.